The molecule has 0 fully saturated rings. The maximum absolute atomic E-state index is 12.1. The molecule has 0 spiro atoms. The highest BCUT2D eigenvalue weighted by molar-refractivity contribution is 7.00. The molecule has 1 aromatic heterocycles. The van der Waals surface area contributed by atoms with E-state index in [1.807, 2.05) is 0 Å². The van der Waals surface area contributed by atoms with Crippen molar-refractivity contribution in [1.82, 2.24) is 8.75 Å². The molecule has 3 rings (SSSR count). The van der Waals surface area contributed by atoms with Gasteiger partial charge < -0.3 is 15.4 Å². The van der Waals surface area contributed by atoms with Gasteiger partial charge in [0.05, 0.1) is 11.7 Å². The average molecular weight is 354 g/mol. The van der Waals surface area contributed by atoms with Gasteiger partial charge in [0.25, 0.3) is 0 Å². The summed E-state index contributed by atoms with van der Waals surface area (Å²) in [5.74, 6) is -0.366. The number of nitrogens with one attached hydrogen (secondary N) is 2. The Morgan fingerprint density at radius 1 is 0.958 bits per heavy atom. The van der Waals surface area contributed by atoms with E-state index in [4.69, 9.17) is 0 Å². The highest BCUT2D eigenvalue weighted by atomic mass is 32.1. The Bertz CT molecular complexity index is 864. The Morgan fingerprint density at radius 3 is 2.29 bits per heavy atom. The lowest BCUT2D eigenvalue weighted by atomic mass is 10.3. The van der Waals surface area contributed by atoms with E-state index in [2.05, 4.69) is 24.1 Å². The summed E-state index contributed by atoms with van der Waals surface area (Å²) in [5.41, 5.74) is 2.22. The molecule has 2 amide bonds. The SMILES string of the molecule is O=C(Nc1ccc(OC(F)(F)F)cc1)Nc1ccc2nsnc2c1. The number of anilines is 2. The van der Waals surface area contributed by atoms with Gasteiger partial charge >= 0.3 is 12.4 Å². The third kappa shape index (κ3) is 4.10. The third-order valence-corrected chi connectivity index (χ3v) is 3.41. The van der Waals surface area contributed by atoms with Crippen molar-refractivity contribution in [2.75, 3.05) is 10.6 Å². The van der Waals surface area contributed by atoms with E-state index in [0.717, 1.165) is 29.4 Å². The molecule has 124 valence electrons. The maximum atomic E-state index is 12.1. The monoisotopic (exact) mass is 354 g/mol. The van der Waals surface area contributed by atoms with Crippen LogP contribution >= 0.6 is 11.7 Å². The Morgan fingerprint density at radius 2 is 1.58 bits per heavy atom. The second kappa shape index (κ2) is 6.32. The Hall–Kier alpha value is -2.88. The van der Waals surface area contributed by atoms with Crippen molar-refractivity contribution in [2.45, 2.75) is 6.36 Å². The molecule has 0 aliphatic carbocycles. The first-order valence-corrected chi connectivity index (χ1v) is 7.28. The highest BCUT2D eigenvalue weighted by Crippen LogP contribution is 2.24. The van der Waals surface area contributed by atoms with Crippen LogP contribution in [0.4, 0.5) is 29.3 Å². The zero-order valence-electron chi connectivity index (χ0n) is 11.8. The third-order valence-electron chi connectivity index (χ3n) is 2.86. The largest absolute Gasteiger partial charge is 0.573 e. The molecule has 2 aromatic carbocycles. The van der Waals surface area contributed by atoms with Gasteiger partial charge in [-0.3, -0.25) is 0 Å². The average Bonchev–Trinajstić information content (AvgIpc) is 2.95. The quantitative estimate of drug-likeness (QED) is 0.738. The summed E-state index contributed by atoms with van der Waals surface area (Å²) in [6.45, 7) is 0. The van der Waals surface area contributed by atoms with Crippen LogP contribution in [0.3, 0.4) is 0 Å². The number of fused-ring (bicyclic) bond motifs is 1. The number of halogens is 3. The predicted molar refractivity (Wildman–Crippen MR) is 83.2 cm³/mol. The number of hydrogen-bond donors (Lipinski definition) is 2. The fourth-order valence-corrected chi connectivity index (χ4v) is 2.41. The molecule has 6 nitrogen and oxygen atoms in total. The zero-order chi connectivity index (χ0) is 17.2. The predicted octanol–water partition coefficient (Wildman–Crippen LogP) is 4.23. The van der Waals surface area contributed by atoms with Crippen LogP contribution in [-0.4, -0.2) is 21.1 Å². The minimum Gasteiger partial charge on any atom is -0.406 e. The van der Waals surface area contributed by atoms with Crippen molar-refractivity contribution < 1.29 is 22.7 Å². The van der Waals surface area contributed by atoms with Gasteiger partial charge in [-0.1, -0.05) is 0 Å². The van der Waals surface area contributed by atoms with E-state index in [-0.39, 0.29) is 5.75 Å². The van der Waals surface area contributed by atoms with Crippen LogP contribution in [0.2, 0.25) is 0 Å². The molecule has 0 bridgehead atoms. The van der Waals surface area contributed by atoms with Gasteiger partial charge in [0, 0.05) is 11.4 Å². The second-order valence-electron chi connectivity index (χ2n) is 4.62. The number of urea groups is 1. The van der Waals surface area contributed by atoms with Crippen molar-refractivity contribution in [1.29, 1.82) is 0 Å². The Kier molecular flexibility index (Phi) is 4.21. The van der Waals surface area contributed by atoms with Gasteiger partial charge in [0.2, 0.25) is 0 Å². The summed E-state index contributed by atoms with van der Waals surface area (Å²) in [7, 11) is 0. The fraction of sp³-hybridized carbons (Fsp3) is 0.0714. The van der Waals surface area contributed by atoms with E-state index in [0.29, 0.717) is 16.9 Å². The summed E-state index contributed by atoms with van der Waals surface area (Å²) >= 11 is 1.07. The molecular weight excluding hydrogens is 345 g/mol. The molecule has 0 unspecified atom stereocenters. The zero-order valence-corrected chi connectivity index (χ0v) is 12.6. The van der Waals surface area contributed by atoms with Gasteiger partial charge in [-0.25, -0.2) is 4.79 Å². The van der Waals surface area contributed by atoms with E-state index < -0.39 is 12.4 Å². The first-order valence-electron chi connectivity index (χ1n) is 6.55. The van der Waals surface area contributed by atoms with Crippen LogP contribution in [0.5, 0.6) is 5.75 Å². The molecule has 0 radical (unpaired) electrons. The number of nitrogens with zero attached hydrogens (tertiary/aromatic N) is 2. The number of hydrogen-bond acceptors (Lipinski definition) is 5. The molecule has 0 aliphatic rings. The van der Waals surface area contributed by atoms with E-state index in [1.54, 1.807) is 18.2 Å². The molecule has 0 atom stereocenters. The molecule has 0 saturated carbocycles. The van der Waals surface area contributed by atoms with Crippen LogP contribution in [-0.2, 0) is 0 Å². The lowest BCUT2D eigenvalue weighted by Crippen LogP contribution is -2.19. The Balaban J connectivity index is 1.61. The van der Waals surface area contributed by atoms with Gasteiger partial charge in [0.1, 0.15) is 16.8 Å². The van der Waals surface area contributed by atoms with Crippen LogP contribution in [0.1, 0.15) is 0 Å². The number of rotatable bonds is 3. The Labute approximate surface area is 137 Å². The number of carbonyl (C=O) groups excluding carboxylic acids is 1. The van der Waals surface area contributed by atoms with Crippen molar-refractivity contribution in [2.24, 2.45) is 0 Å². The number of aromatic nitrogens is 2. The summed E-state index contributed by atoms with van der Waals surface area (Å²) in [5, 5.41) is 5.10. The van der Waals surface area contributed by atoms with Gasteiger partial charge in [-0.15, -0.1) is 13.2 Å². The number of benzene rings is 2. The van der Waals surface area contributed by atoms with E-state index in [1.165, 1.54) is 12.1 Å². The topological polar surface area (TPSA) is 76.1 Å². The molecule has 1 heterocycles. The molecule has 3 aromatic rings. The standard InChI is InChI=1S/C14H9F3N4O2S/c15-14(16,17)23-10-4-1-8(2-5-10)18-13(22)19-9-3-6-11-12(7-9)21-24-20-11/h1-7H,(H2,18,19,22). The minimum atomic E-state index is -4.75. The molecule has 10 heteroatoms. The fourth-order valence-electron chi connectivity index (χ4n) is 1.89. The lowest BCUT2D eigenvalue weighted by molar-refractivity contribution is -0.274. The number of amides is 2. The summed E-state index contributed by atoms with van der Waals surface area (Å²) in [4.78, 5) is 11.9. The van der Waals surface area contributed by atoms with Crippen LogP contribution < -0.4 is 15.4 Å². The second-order valence-corrected chi connectivity index (χ2v) is 5.15. The number of alkyl halides is 3. The summed E-state index contributed by atoms with van der Waals surface area (Å²) in [6, 6.07) is 9.33. The summed E-state index contributed by atoms with van der Waals surface area (Å²) < 4.78 is 48.1. The van der Waals surface area contributed by atoms with Crippen LogP contribution in [0.15, 0.2) is 42.5 Å². The van der Waals surface area contributed by atoms with Gasteiger partial charge in [-0.05, 0) is 42.5 Å². The normalized spacial score (nSPS) is 11.3. The van der Waals surface area contributed by atoms with Crippen molar-refractivity contribution >= 4 is 40.2 Å². The lowest BCUT2D eigenvalue weighted by Gasteiger charge is -2.10. The maximum Gasteiger partial charge on any atom is 0.573 e. The molecular formula is C14H9F3N4O2S. The van der Waals surface area contributed by atoms with Crippen molar-refractivity contribution in [3.63, 3.8) is 0 Å². The molecule has 24 heavy (non-hydrogen) atoms. The first kappa shape index (κ1) is 16.0. The summed E-state index contributed by atoms with van der Waals surface area (Å²) in [6.07, 6.45) is -4.75. The van der Waals surface area contributed by atoms with Gasteiger partial charge in [0.15, 0.2) is 0 Å². The molecule has 2 N–H and O–H groups in total. The van der Waals surface area contributed by atoms with Crippen molar-refractivity contribution in [3.8, 4) is 5.75 Å². The van der Waals surface area contributed by atoms with E-state index in [9.17, 15) is 18.0 Å². The molecule has 0 aliphatic heterocycles. The number of ether oxygens (including phenoxy) is 1. The van der Waals surface area contributed by atoms with Crippen LogP contribution in [0, 0.1) is 0 Å². The highest BCUT2D eigenvalue weighted by Gasteiger charge is 2.30. The van der Waals surface area contributed by atoms with E-state index >= 15 is 0 Å². The van der Waals surface area contributed by atoms with Gasteiger partial charge in [-0.2, -0.15) is 8.75 Å². The minimum absolute atomic E-state index is 0.318. The van der Waals surface area contributed by atoms with Crippen LogP contribution in [0.25, 0.3) is 11.0 Å². The molecule has 0 saturated heterocycles. The smallest absolute Gasteiger partial charge is 0.406 e. The van der Waals surface area contributed by atoms with Crippen molar-refractivity contribution in [3.05, 3.63) is 42.5 Å². The number of carbonyl (C=O) groups is 1. The first-order chi connectivity index (χ1) is 11.4.